The molecular weight excluding hydrogens is 289 g/mol. The molecule has 1 atom stereocenters. The molecule has 1 aliphatic rings. The predicted molar refractivity (Wildman–Crippen MR) is 66.4 cm³/mol. The fourth-order valence-electron chi connectivity index (χ4n) is 2.08. The number of ether oxygens (including phenoxy) is 1. The molecule has 0 saturated heterocycles. The van der Waals surface area contributed by atoms with E-state index in [1.54, 1.807) is 12.1 Å². The lowest BCUT2D eigenvalue weighted by atomic mass is 9.97. The van der Waals surface area contributed by atoms with E-state index in [9.17, 15) is 22.8 Å². The number of amides is 1. The fraction of sp³-hybridized carbons (Fsp3) is 0.385. The lowest BCUT2D eigenvalue weighted by Gasteiger charge is -2.27. The summed E-state index contributed by atoms with van der Waals surface area (Å²) in [5.41, 5.74) is 1.38. The van der Waals surface area contributed by atoms with Crippen molar-refractivity contribution in [2.24, 2.45) is 0 Å². The molecule has 8 heteroatoms. The molecule has 1 aromatic rings. The molecule has 5 nitrogen and oxygen atoms in total. The number of hydrogen-bond acceptors (Lipinski definition) is 4. The standard InChI is InChI=1S/C13H13F3N2O3/c1-17-10(19)8-3-2-7-4-5-18-11(9(7)6-8)21-12(20)13(14,15)16/h2-3,6,11,18H,4-5H2,1H3,(H,17,19). The number of hydrogen-bond donors (Lipinski definition) is 2. The van der Waals surface area contributed by atoms with Crippen LogP contribution in [0.3, 0.4) is 0 Å². The van der Waals surface area contributed by atoms with Crippen molar-refractivity contribution in [1.82, 2.24) is 10.6 Å². The van der Waals surface area contributed by atoms with Crippen LogP contribution in [0.4, 0.5) is 13.2 Å². The number of esters is 1. The molecule has 0 bridgehead atoms. The highest BCUT2D eigenvalue weighted by Crippen LogP contribution is 2.28. The van der Waals surface area contributed by atoms with E-state index in [-0.39, 0.29) is 11.5 Å². The second-order valence-electron chi connectivity index (χ2n) is 4.48. The van der Waals surface area contributed by atoms with Crippen molar-refractivity contribution in [3.8, 4) is 0 Å². The van der Waals surface area contributed by atoms with Crippen LogP contribution < -0.4 is 10.6 Å². The molecule has 0 saturated carbocycles. The molecule has 0 aliphatic carbocycles. The lowest BCUT2D eigenvalue weighted by Crippen LogP contribution is -2.37. The van der Waals surface area contributed by atoms with Gasteiger partial charge in [0.1, 0.15) is 0 Å². The zero-order chi connectivity index (χ0) is 15.6. The number of rotatable bonds is 2. The first-order chi connectivity index (χ1) is 9.82. The monoisotopic (exact) mass is 302 g/mol. The van der Waals surface area contributed by atoms with Crippen LogP contribution in [-0.4, -0.2) is 31.6 Å². The topological polar surface area (TPSA) is 67.4 Å². The van der Waals surface area contributed by atoms with Crippen LogP contribution in [0, 0.1) is 0 Å². The molecule has 1 amide bonds. The van der Waals surface area contributed by atoms with Gasteiger partial charge in [-0.3, -0.25) is 10.1 Å². The summed E-state index contributed by atoms with van der Waals surface area (Å²) in [6.45, 7) is 0.377. The second kappa shape index (κ2) is 5.72. The molecule has 1 unspecified atom stereocenters. The van der Waals surface area contributed by atoms with Gasteiger partial charge >= 0.3 is 12.1 Å². The van der Waals surface area contributed by atoms with Crippen LogP contribution in [-0.2, 0) is 16.0 Å². The lowest BCUT2D eigenvalue weighted by molar-refractivity contribution is -0.207. The largest absolute Gasteiger partial charge is 0.490 e. The highest BCUT2D eigenvalue weighted by molar-refractivity contribution is 5.94. The predicted octanol–water partition coefficient (Wildman–Crippen LogP) is 1.30. The van der Waals surface area contributed by atoms with Gasteiger partial charge < -0.3 is 10.1 Å². The van der Waals surface area contributed by atoms with Gasteiger partial charge in [0.15, 0.2) is 6.23 Å². The summed E-state index contributed by atoms with van der Waals surface area (Å²) >= 11 is 0. The quantitative estimate of drug-likeness (QED) is 0.808. The first kappa shape index (κ1) is 15.3. The fourth-order valence-corrected chi connectivity index (χ4v) is 2.08. The Labute approximate surface area is 118 Å². The van der Waals surface area contributed by atoms with Gasteiger partial charge in [-0.1, -0.05) is 6.07 Å². The van der Waals surface area contributed by atoms with E-state index in [1.165, 1.54) is 13.1 Å². The molecule has 2 N–H and O–H groups in total. The molecule has 0 aromatic heterocycles. The third kappa shape index (κ3) is 3.33. The van der Waals surface area contributed by atoms with Crippen molar-refractivity contribution < 1.29 is 27.5 Å². The molecule has 1 aromatic carbocycles. The van der Waals surface area contributed by atoms with Crippen LogP contribution in [0.15, 0.2) is 18.2 Å². The van der Waals surface area contributed by atoms with E-state index < -0.39 is 18.4 Å². The molecule has 114 valence electrons. The average molecular weight is 302 g/mol. The van der Waals surface area contributed by atoms with Crippen LogP contribution in [0.5, 0.6) is 0 Å². The summed E-state index contributed by atoms with van der Waals surface area (Å²) in [5.74, 6) is -2.64. The van der Waals surface area contributed by atoms with Gasteiger partial charge in [-0.2, -0.15) is 13.2 Å². The van der Waals surface area contributed by atoms with Gasteiger partial charge in [0, 0.05) is 24.7 Å². The minimum atomic E-state index is -5.06. The van der Waals surface area contributed by atoms with Crippen molar-refractivity contribution >= 4 is 11.9 Å². The maximum atomic E-state index is 12.3. The SMILES string of the molecule is CNC(=O)c1ccc2c(c1)C(OC(=O)C(F)(F)F)NCC2. The Morgan fingerprint density at radius 3 is 2.71 bits per heavy atom. The normalized spacial score (nSPS) is 17.8. The molecule has 1 heterocycles. The maximum absolute atomic E-state index is 12.3. The Bertz CT molecular complexity index is 572. The Morgan fingerprint density at radius 1 is 1.38 bits per heavy atom. The van der Waals surface area contributed by atoms with Gasteiger partial charge in [-0.25, -0.2) is 4.79 Å². The number of alkyl halides is 3. The van der Waals surface area contributed by atoms with Crippen molar-refractivity contribution in [3.63, 3.8) is 0 Å². The van der Waals surface area contributed by atoms with Crippen molar-refractivity contribution in [2.45, 2.75) is 18.8 Å². The molecule has 2 rings (SSSR count). The molecule has 0 radical (unpaired) electrons. The molecule has 21 heavy (non-hydrogen) atoms. The molecule has 1 aliphatic heterocycles. The Balaban J connectivity index is 2.29. The van der Waals surface area contributed by atoms with E-state index in [2.05, 4.69) is 15.4 Å². The highest BCUT2D eigenvalue weighted by Gasteiger charge is 2.43. The Hall–Kier alpha value is -2.09. The number of carbonyl (C=O) groups excluding carboxylic acids is 2. The smallest absolute Gasteiger partial charge is 0.436 e. The zero-order valence-electron chi connectivity index (χ0n) is 11.1. The van der Waals surface area contributed by atoms with Gasteiger partial charge in [-0.15, -0.1) is 0 Å². The Morgan fingerprint density at radius 2 is 2.10 bits per heavy atom. The van der Waals surface area contributed by atoms with Crippen LogP contribution in [0.1, 0.15) is 27.7 Å². The number of nitrogens with one attached hydrogen (secondary N) is 2. The average Bonchev–Trinajstić information content (AvgIpc) is 2.45. The van der Waals surface area contributed by atoms with Crippen LogP contribution >= 0.6 is 0 Å². The van der Waals surface area contributed by atoms with Crippen LogP contribution in [0.25, 0.3) is 0 Å². The summed E-state index contributed by atoms with van der Waals surface area (Å²) in [4.78, 5) is 22.5. The summed E-state index contributed by atoms with van der Waals surface area (Å²) in [7, 11) is 1.45. The van der Waals surface area contributed by atoms with Crippen molar-refractivity contribution in [3.05, 3.63) is 34.9 Å². The maximum Gasteiger partial charge on any atom is 0.490 e. The highest BCUT2D eigenvalue weighted by atomic mass is 19.4. The van der Waals surface area contributed by atoms with E-state index in [1.807, 2.05) is 0 Å². The van der Waals surface area contributed by atoms with E-state index in [4.69, 9.17) is 0 Å². The molecule has 0 spiro atoms. The third-order valence-corrected chi connectivity index (χ3v) is 3.10. The zero-order valence-corrected chi connectivity index (χ0v) is 11.1. The van der Waals surface area contributed by atoms with Gasteiger partial charge in [0.05, 0.1) is 0 Å². The summed E-state index contributed by atoms with van der Waals surface area (Å²) in [5, 5.41) is 5.11. The van der Waals surface area contributed by atoms with E-state index in [0.29, 0.717) is 18.5 Å². The molecule has 0 fully saturated rings. The number of fused-ring (bicyclic) bond motifs is 1. The summed E-state index contributed by atoms with van der Waals surface area (Å²) in [6, 6.07) is 4.65. The third-order valence-electron chi connectivity index (χ3n) is 3.10. The first-order valence-corrected chi connectivity index (χ1v) is 6.19. The summed E-state index contributed by atoms with van der Waals surface area (Å²) in [6.07, 6.45) is -5.70. The van der Waals surface area contributed by atoms with Crippen molar-refractivity contribution in [2.75, 3.05) is 13.6 Å². The molecular formula is C13H13F3N2O3. The second-order valence-corrected chi connectivity index (χ2v) is 4.48. The minimum absolute atomic E-state index is 0.285. The Kier molecular flexibility index (Phi) is 4.17. The number of carbonyl (C=O) groups is 2. The summed E-state index contributed by atoms with van der Waals surface area (Å²) < 4.78 is 41.3. The van der Waals surface area contributed by atoms with Crippen molar-refractivity contribution in [1.29, 1.82) is 0 Å². The number of benzene rings is 1. The van der Waals surface area contributed by atoms with Gasteiger partial charge in [0.25, 0.3) is 5.91 Å². The van der Waals surface area contributed by atoms with E-state index >= 15 is 0 Å². The minimum Gasteiger partial charge on any atom is -0.436 e. The van der Waals surface area contributed by atoms with Crippen LogP contribution in [0.2, 0.25) is 0 Å². The first-order valence-electron chi connectivity index (χ1n) is 6.19. The number of halogens is 3. The van der Waals surface area contributed by atoms with Gasteiger partial charge in [0.2, 0.25) is 0 Å². The van der Waals surface area contributed by atoms with Gasteiger partial charge in [-0.05, 0) is 24.1 Å². The van der Waals surface area contributed by atoms with E-state index in [0.717, 1.165) is 5.56 Å².